The van der Waals surface area contributed by atoms with Crippen LogP contribution in [-0.4, -0.2) is 11.7 Å². The Morgan fingerprint density at radius 3 is 1.93 bits per heavy atom. The highest BCUT2D eigenvalue weighted by Gasteiger charge is 2.26. The molecule has 5 heteroatoms. The van der Waals surface area contributed by atoms with Crippen LogP contribution < -0.4 is 10.2 Å². The molecule has 1 N–H and O–H groups in total. The fraction of sp³-hybridized carbons (Fsp3) is 0.0196. The normalized spacial score (nSPS) is 14.2. The van der Waals surface area contributed by atoms with Crippen LogP contribution in [0.4, 0.5) is 17.1 Å². The van der Waals surface area contributed by atoms with E-state index in [1.807, 2.05) is 18.2 Å². The van der Waals surface area contributed by atoms with Crippen molar-refractivity contribution < 1.29 is 4.42 Å². The lowest BCUT2D eigenvalue weighted by Gasteiger charge is -2.27. The summed E-state index contributed by atoms with van der Waals surface area (Å²) in [5.74, 6) is 1.43. The Morgan fingerprint density at radius 1 is 0.482 bits per heavy atom. The number of amidine groups is 2. The van der Waals surface area contributed by atoms with Crippen LogP contribution >= 0.6 is 0 Å². The fourth-order valence-electron chi connectivity index (χ4n) is 8.22. The third-order valence-electron chi connectivity index (χ3n) is 10.8. The minimum absolute atomic E-state index is 0.347. The summed E-state index contributed by atoms with van der Waals surface area (Å²) in [5, 5.41) is 12.8. The minimum Gasteiger partial charge on any atom is -0.456 e. The number of rotatable bonds is 6. The van der Waals surface area contributed by atoms with Gasteiger partial charge in [0.1, 0.15) is 23.2 Å². The number of furan rings is 1. The molecule has 1 aromatic heterocycles. The van der Waals surface area contributed by atoms with Crippen LogP contribution in [0.25, 0.3) is 54.3 Å². The van der Waals surface area contributed by atoms with Crippen molar-refractivity contribution in [2.24, 2.45) is 9.98 Å². The molecule has 2 heterocycles. The Bertz CT molecular complexity index is 3180. The monoisotopic (exact) mass is 718 g/mol. The van der Waals surface area contributed by atoms with Crippen molar-refractivity contribution in [2.75, 3.05) is 4.90 Å². The highest BCUT2D eigenvalue weighted by molar-refractivity contribution is 6.28. The maximum absolute atomic E-state index is 6.86. The first-order valence-corrected chi connectivity index (χ1v) is 18.9. The number of para-hydroxylation sites is 1. The van der Waals surface area contributed by atoms with Gasteiger partial charge in [0.15, 0.2) is 5.84 Å². The topological polar surface area (TPSA) is 53.1 Å². The van der Waals surface area contributed by atoms with Crippen molar-refractivity contribution in [1.82, 2.24) is 5.32 Å². The summed E-state index contributed by atoms with van der Waals surface area (Å²) in [7, 11) is 0. The molecule has 0 saturated heterocycles. The number of aliphatic imine (C=N–C) groups is 2. The van der Waals surface area contributed by atoms with Gasteiger partial charge in [-0.1, -0.05) is 152 Å². The molecule has 11 rings (SSSR count). The lowest BCUT2D eigenvalue weighted by molar-refractivity contribution is 0.668. The van der Waals surface area contributed by atoms with Crippen molar-refractivity contribution in [3.8, 4) is 0 Å². The van der Waals surface area contributed by atoms with Crippen LogP contribution in [0.3, 0.4) is 0 Å². The van der Waals surface area contributed by atoms with Crippen LogP contribution in [-0.2, 0) is 0 Å². The molecule has 0 radical (unpaired) electrons. The van der Waals surface area contributed by atoms with E-state index in [1.54, 1.807) is 0 Å². The first-order chi connectivity index (χ1) is 27.7. The average Bonchev–Trinajstić information content (AvgIpc) is 3.66. The summed E-state index contributed by atoms with van der Waals surface area (Å²) in [6.07, 6.45) is -0.347. The van der Waals surface area contributed by atoms with Crippen molar-refractivity contribution in [2.45, 2.75) is 6.17 Å². The smallest absolute Gasteiger partial charge is 0.159 e. The SMILES string of the molecule is c1ccc(C2=NC(c3ccc4ccccc4c3)NC(c3cccc4oc5cc(N(c6ccccc6)c6ccc7ccccc7c6)c6ccccc6c5c34)=N2)cc1. The van der Waals surface area contributed by atoms with E-state index in [2.05, 4.69) is 186 Å². The molecule has 1 aliphatic heterocycles. The van der Waals surface area contributed by atoms with E-state index < -0.39 is 0 Å². The molecule has 264 valence electrons. The van der Waals surface area contributed by atoms with E-state index in [4.69, 9.17) is 14.4 Å². The Morgan fingerprint density at radius 2 is 1.14 bits per heavy atom. The van der Waals surface area contributed by atoms with Crippen molar-refractivity contribution in [1.29, 1.82) is 0 Å². The van der Waals surface area contributed by atoms with Gasteiger partial charge in [-0.05, 0) is 68.9 Å². The second-order valence-electron chi connectivity index (χ2n) is 14.2. The molecule has 1 atom stereocenters. The molecule has 10 aromatic rings. The highest BCUT2D eigenvalue weighted by Crippen LogP contribution is 2.45. The van der Waals surface area contributed by atoms with Crippen LogP contribution in [0, 0.1) is 0 Å². The molecule has 5 nitrogen and oxygen atoms in total. The molecule has 0 aliphatic carbocycles. The molecule has 1 aliphatic rings. The molecule has 56 heavy (non-hydrogen) atoms. The molecule has 9 aromatic carbocycles. The minimum atomic E-state index is -0.347. The molecular weight excluding hydrogens is 685 g/mol. The summed E-state index contributed by atoms with van der Waals surface area (Å²) in [6, 6.07) is 68.1. The van der Waals surface area contributed by atoms with Gasteiger partial charge in [0.05, 0.1) is 5.69 Å². The van der Waals surface area contributed by atoms with Crippen LogP contribution in [0.5, 0.6) is 0 Å². The number of hydrogen-bond donors (Lipinski definition) is 1. The summed E-state index contributed by atoms with van der Waals surface area (Å²) in [5.41, 5.74) is 7.78. The van der Waals surface area contributed by atoms with E-state index in [9.17, 15) is 0 Å². The first-order valence-electron chi connectivity index (χ1n) is 18.9. The maximum Gasteiger partial charge on any atom is 0.159 e. The highest BCUT2D eigenvalue weighted by atomic mass is 16.3. The second-order valence-corrected chi connectivity index (χ2v) is 14.2. The van der Waals surface area contributed by atoms with Crippen molar-refractivity contribution in [3.63, 3.8) is 0 Å². The molecule has 0 amide bonds. The zero-order chi connectivity index (χ0) is 37.0. The summed E-state index contributed by atoms with van der Waals surface area (Å²) < 4.78 is 6.86. The van der Waals surface area contributed by atoms with Gasteiger partial charge >= 0.3 is 0 Å². The zero-order valence-corrected chi connectivity index (χ0v) is 30.3. The maximum atomic E-state index is 6.86. The third-order valence-corrected chi connectivity index (χ3v) is 10.8. The average molecular weight is 719 g/mol. The molecule has 0 bridgehead atoms. The van der Waals surface area contributed by atoms with Gasteiger partial charge in [0, 0.05) is 44.7 Å². The van der Waals surface area contributed by atoms with E-state index in [-0.39, 0.29) is 6.17 Å². The van der Waals surface area contributed by atoms with Crippen molar-refractivity contribution >= 4 is 83.0 Å². The number of anilines is 3. The lowest BCUT2D eigenvalue weighted by Crippen LogP contribution is -2.33. The summed E-state index contributed by atoms with van der Waals surface area (Å²) in [6.45, 7) is 0. The number of nitrogens with zero attached hydrogens (tertiary/aromatic N) is 3. The van der Waals surface area contributed by atoms with E-state index in [0.717, 1.165) is 72.3 Å². The molecule has 0 spiro atoms. The number of fused-ring (bicyclic) bond motifs is 7. The number of benzene rings is 9. The quantitative estimate of drug-likeness (QED) is 0.186. The Hall–Kier alpha value is -7.50. The van der Waals surface area contributed by atoms with Gasteiger partial charge in [-0.2, -0.15) is 0 Å². The largest absolute Gasteiger partial charge is 0.456 e. The molecule has 0 fully saturated rings. The van der Waals surface area contributed by atoms with Gasteiger partial charge in [0.25, 0.3) is 0 Å². The number of nitrogens with one attached hydrogen (secondary N) is 1. The van der Waals surface area contributed by atoms with Gasteiger partial charge in [0.2, 0.25) is 0 Å². The standard InChI is InChI=1S/C51H34N4O/c1-3-16-35(17-4-1)49-52-50(38-27-26-33-14-7-9-18-36(33)30-38)54-51(53-49)43-24-13-25-45-48(43)47-42-23-12-11-22-41(42)44(32-46(47)56-45)55(39-20-5-2-6-21-39)40-29-28-34-15-8-10-19-37(34)31-40/h1-32,50H,(H,52,53,54). The molecular formula is C51H34N4O. The zero-order valence-electron chi connectivity index (χ0n) is 30.3. The predicted octanol–water partition coefficient (Wildman–Crippen LogP) is 13.0. The molecule has 1 unspecified atom stereocenters. The fourth-order valence-corrected chi connectivity index (χ4v) is 8.22. The second kappa shape index (κ2) is 13.1. The van der Waals surface area contributed by atoms with Crippen LogP contribution in [0.15, 0.2) is 209 Å². The van der Waals surface area contributed by atoms with Crippen LogP contribution in [0.1, 0.15) is 22.9 Å². The Kier molecular flexibility index (Phi) is 7.49. The molecule has 0 saturated carbocycles. The van der Waals surface area contributed by atoms with Crippen molar-refractivity contribution in [3.05, 3.63) is 211 Å². The predicted molar refractivity (Wildman–Crippen MR) is 233 cm³/mol. The van der Waals surface area contributed by atoms with Gasteiger partial charge in [-0.3, -0.25) is 0 Å². The number of hydrogen-bond acceptors (Lipinski definition) is 5. The van der Waals surface area contributed by atoms with Gasteiger partial charge in [-0.25, -0.2) is 9.98 Å². The van der Waals surface area contributed by atoms with Gasteiger partial charge in [-0.15, -0.1) is 0 Å². The third kappa shape index (κ3) is 5.40. The summed E-state index contributed by atoms with van der Waals surface area (Å²) in [4.78, 5) is 12.8. The lowest BCUT2D eigenvalue weighted by atomic mass is 9.97. The Labute approximate surface area is 323 Å². The van der Waals surface area contributed by atoms with Gasteiger partial charge < -0.3 is 14.6 Å². The van der Waals surface area contributed by atoms with Crippen LogP contribution in [0.2, 0.25) is 0 Å². The first kappa shape index (κ1) is 32.0. The van der Waals surface area contributed by atoms with E-state index >= 15 is 0 Å². The van der Waals surface area contributed by atoms with E-state index in [0.29, 0.717) is 5.84 Å². The summed E-state index contributed by atoms with van der Waals surface area (Å²) >= 11 is 0. The Balaban J connectivity index is 1.12. The van der Waals surface area contributed by atoms with E-state index in [1.165, 1.54) is 21.5 Å².